The number of aryl methyl sites for hydroxylation is 1. The van der Waals surface area contributed by atoms with E-state index < -0.39 is 0 Å². The van der Waals surface area contributed by atoms with Crippen molar-refractivity contribution < 1.29 is 5.11 Å². The number of aromatic hydroxyl groups is 1. The summed E-state index contributed by atoms with van der Waals surface area (Å²) in [5.41, 5.74) is 1.17. The minimum absolute atomic E-state index is 0.341. The van der Waals surface area contributed by atoms with E-state index in [0.717, 1.165) is 23.9 Å². The minimum atomic E-state index is 0.341. The SMILES string of the molecule is CN(C)CCCc1cc(O)ccc1Br. The first kappa shape index (κ1) is 11.5. The van der Waals surface area contributed by atoms with Gasteiger partial charge in [-0.15, -0.1) is 0 Å². The van der Waals surface area contributed by atoms with E-state index in [1.54, 1.807) is 6.07 Å². The van der Waals surface area contributed by atoms with Crippen molar-refractivity contribution >= 4 is 15.9 Å². The summed E-state index contributed by atoms with van der Waals surface area (Å²) in [7, 11) is 4.13. The van der Waals surface area contributed by atoms with Gasteiger partial charge < -0.3 is 10.0 Å². The quantitative estimate of drug-likeness (QED) is 0.897. The van der Waals surface area contributed by atoms with Gasteiger partial charge in [0, 0.05) is 4.47 Å². The summed E-state index contributed by atoms with van der Waals surface area (Å²) in [5, 5.41) is 9.31. The Morgan fingerprint density at radius 3 is 2.71 bits per heavy atom. The topological polar surface area (TPSA) is 23.5 Å². The van der Waals surface area contributed by atoms with E-state index in [1.807, 2.05) is 12.1 Å². The molecule has 0 fully saturated rings. The molecule has 1 N–H and O–H groups in total. The summed E-state index contributed by atoms with van der Waals surface area (Å²) in [6, 6.07) is 5.40. The highest BCUT2D eigenvalue weighted by Gasteiger charge is 2.01. The smallest absolute Gasteiger partial charge is 0.115 e. The van der Waals surface area contributed by atoms with E-state index in [1.165, 1.54) is 5.56 Å². The molecule has 14 heavy (non-hydrogen) atoms. The van der Waals surface area contributed by atoms with Gasteiger partial charge in [0.1, 0.15) is 5.75 Å². The Hall–Kier alpha value is -0.540. The molecular formula is C11H16BrNO. The number of hydrogen-bond acceptors (Lipinski definition) is 2. The third kappa shape index (κ3) is 3.68. The first-order valence-corrected chi connectivity index (χ1v) is 5.51. The molecule has 0 aliphatic carbocycles. The zero-order chi connectivity index (χ0) is 10.6. The molecule has 0 bridgehead atoms. The van der Waals surface area contributed by atoms with Crippen LogP contribution in [0.2, 0.25) is 0 Å². The predicted molar refractivity (Wildman–Crippen MR) is 62.7 cm³/mol. The normalized spacial score (nSPS) is 10.9. The highest BCUT2D eigenvalue weighted by atomic mass is 79.9. The molecule has 78 valence electrons. The summed E-state index contributed by atoms with van der Waals surface area (Å²) in [6.07, 6.45) is 2.10. The van der Waals surface area contributed by atoms with Crippen molar-refractivity contribution in [1.82, 2.24) is 4.90 Å². The molecule has 0 aromatic heterocycles. The fourth-order valence-corrected chi connectivity index (χ4v) is 1.78. The summed E-state index contributed by atoms with van der Waals surface area (Å²) in [6.45, 7) is 1.07. The zero-order valence-electron chi connectivity index (χ0n) is 8.63. The molecule has 1 aromatic carbocycles. The number of benzene rings is 1. The van der Waals surface area contributed by atoms with Crippen molar-refractivity contribution in [2.45, 2.75) is 12.8 Å². The van der Waals surface area contributed by atoms with Crippen molar-refractivity contribution in [2.75, 3.05) is 20.6 Å². The molecule has 0 aliphatic heterocycles. The standard InChI is InChI=1S/C11H16BrNO/c1-13(2)7-3-4-9-8-10(14)5-6-11(9)12/h5-6,8,14H,3-4,7H2,1-2H3. The van der Waals surface area contributed by atoms with Gasteiger partial charge in [0.05, 0.1) is 0 Å². The van der Waals surface area contributed by atoms with Gasteiger partial charge in [-0.2, -0.15) is 0 Å². The van der Waals surface area contributed by atoms with Gasteiger partial charge in [-0.05, 0) is 57.2 Å². The molecule has 0 spiro atoms. The molecule has 2 nitrogen and oxygen atoms in total. The van der Waals surface area contributed by atoms with Gasteiger partial charge in [0.25, 0.3) is 0 Å². The van der Waals surface area contributed by atoms with Crippen LogP contribution in [0.25, 0.3) is 0 Å². The average molecular weight is 258 g/mol. The van der Waals surface area contributed by atoms with Crippen LogP contribution in [0.15, 0.2) is 22.7 Å². The number of phenols is 1. The van der Waals surface area contributed by atoms with Gasteiger partial charge in [0.15, 0.2) is 0 Å². The molecular weight excluding hydrogens is 242 g/mol. The summed E-state index contributed by atoms with van der Waals surface area (Å²) < 4.78 is 1.08. The molecule has 1 aromatic rings. The number of hydrogen-bond donors (Lipinski definition) is 1. The molecule has 0 amide bonds. The van der Waals surface area contributed by atoms with Crippen molar-refractivity contribution in [3.05, 3.63) is 28.2 Å². The molecule has 0 unspecified atom stereocenters. The second kappa shape index (κ2) is 5.37. The van der Waals surface area contributed by atoms with Crippen LogP contribution < -0.4 is 0 Å². The highest BCUT2D eigenvalue weighted by Crippen LogP contribution is 2.22. The third-order valence-electron chi connectivity index (χ3n) is 2.08. The second-order valence-corrected chi connectivity index (χ2v) is 4.54. The Labute approximate surface area is 93.7 Å². The van der Waals surface area contributed by atoms with Crippen molar-refractivity contribution in [3.63, 3.8) is 0 Å². The van der Waals surface area contributed by atoms with Crippen LogP contribution in [-0.2, 0) is 6.42 Å². The van der Waals surface area contributed by atoms with E-state index in [2.05, 4.69) is 34.9 Å². The molecule has 3 heteroatoms. The van der Waals surface area contributed by atoms with Crippen LogP contribution in [0.1, 0.15) is 12.0 Å². The Kier molecular flexibility index (Phi) is 4.42. The van der Waals surface area contributed by atoms with Gasteiger partial charge in [-0.25, -0.2) is 0 Å². The molecule has 0 saturated carbocycles. The number of rotatable bonds is 4. The molecule has 0 heterocycles. The lowest BCUT2D eigenvalue weighted by molar-refractivity contribution is 0.400. The maximum Gasteiger partial charge on any atom is 0.115 e. The monoisotopic (exact) mass is 257 g/mol. The lowest BCUT2D eigenvalue weighted by Crippen LogP contribution is -2.13. The van der Waals surface area contributed by atoms with Gasteiger partial charge in [0.2, 0.25) is 0 Å². The van der Waals surface area contributed by atoms with E-state index >= 15 is 0 Å². The first-order valence-electron chi connectivity index (χ1n) is 4.71. The van der Waals surface area contributed by atoms with Crippen LogP contribution in [-0.4, -0.2) is 30.6 Å². The van der Waals surface area contributed by atoms with E-state index in [-0.39, 0.29) is 0 Å². The maximum absolute atomic E-state index is 9.31. The maximum atomic E-state index is 9.31. The van der Waals surface area contributed by atoms with Crippen LogP contribution in [0, 0.1) is 0 Å². The molecule has 0 atom stereocenters. The van der Waals surface area contributed by atoms with Crippen LogP contribution in [0.4, 0.5) is 0 Å². The Morgan fingerprint density at radius 2 is 2.07 bits per heavy atom. The summed E-state index contributed by atoms with van der Waals surface area (Å²) in [5.74, 6) is 0.341. The number of phenolic OH excluding ortho intramolecular Hbond substituents is 1. The summed E-state index contributed by atoms with van der Waals surface area (Å²) >= 11 is 3.47. The number of nitrogens with zero attached hydrogens (tertiary/aromatic N) is 1. The van der Waals surface area contributed by atoms with E-state index in [9.17, 15) is 5.11 Å². The summed E-state index contributed by atoms with van der Waals surface area (Å²) in [4.78, 5) is 2.16. The molecule has 1 rings (SSSR count). The van der Waals surface area contributed by atoms with Crippen LogP contribution in [0.5, 0.6) is 5.75 Å². The van der Waals surface area contributed by atoms with Gasteiger partial charge in [-0.3, -0.25) is 0 Å². The first-order chi connectivity index (χ1) is 6.59. The van der Waals surface area contributed by atoms with Gasteiger partial charge >= 0.3 is 0 Å². The predicted octanol–water partition coefficient (Wildman–Crippen LogP) is 2.65. The molecule has 0 aliphatic rings. The lowest BCUT2D eigenvalue weighted by Gasteiger charge is -2.10. The van der Waals surface area contributed by atoms with E-state index in [0.29, 0.717) is 5.75 Å². The minimum Gasteiger partial charge on any atom is -0.508 e. The van der Waals surface area contributed by atoms with E-state index in [4.69, 9.17) is 0 Å². The Morgan fingerprint density at radius 1 is 1.36 bits per heavy atom. The second-order valence-electron chi connectivity index (χ2n) is 3.68. The fourth-order valence-electron chi connectivity index (χ4n) is 1.34. The van der Waals surface area contributed by atoms with Crippen LogP contribution in [0.3, 0.4) is 0 Å². The largest absolute Gasteiger partial charge is 0.508 e. The van der Waals surface area contributed by atoms with Crippen molar-refractivity contribution in [3.8, 4) is 5.75 Å². The number of halogens is 1. The van der Waals surface area contributed by atoms with Crippen LogP contribution >= 0.6 is 15.9 Å². The highest BCUT2D eigenvalue weighted by molar-refractivity contribution is 9.10. The fraction of sp³-hybridized carbons (Fsp3) is 0.455. The van der Waals surface area contributed by atoms with Crippen molar-refractivity contribution in [2.24, 2.45) is 0 Å². The van der Waals surface area contributed by atoms with Crippen molar-refractivity contribution in [1.29, 1.82) is 0 Å². The lowest BCUT2D eigenvalue weighted by atomic mass is 10.1. The molecule has 0 saturated heterocycles. The third-order valence-corrected chi connectivity index (χ3v) is 2.85. The zero-order valence-corrected chi connectivity index (χ0v) is 10.2. The Bertz CT molecular complexity index is 299. The van der Waals surface area contributed by atoms with Gasteiger partial charge in [-0.1, -0.05) is 15.9 Å². The molecule has 0 radical (unpaired) electrons. The average Bonchev–Trinajstić information content (AvgIpc) is 2.10. The Balaban J connectivity index is 2.53.